The lowest BCUT2D eigenvalue weighted by molar-refractivity contribution is 0.0581. The van der Waals surface area contributed by atoms with Crippen molar-refractivity contribution in [3.8, 4) is 11.1 Å². The maximum absolute atomic E-state index is 13.2. The number of ether oxygens (including phenoxy) is 1. The molecule has 0 spiro atoms. The van der Waals surface area contributed by atoms with Gasteiger partial charge in [0.15, 0.2) is 5.82 Å². The molecule has 4 aromatic heterocycles. The van der Waals surface area contributed by atoms with Crippen molar-refractivity contribution in [1.29, 1.82) is 0 Å². The first-order valence-corrected chi connectivity index (χ1v) is 14.7. The lowest BCUT2D eigenvalue weighted by atomic mass is 9.92. The van der Waals surface area contributed by atoms with Crippen molar-refractivity contribution in [3.05, 3.63) is 54.9 Å². The van der Waals surface area contributed by atoms with E-state index in [1.165, 1.54) is 6.33 Å². The third kappa shape index (κ3) is 5.93. The molecule has 3 N–H and O–H groups in total. The van der Waals surface area contributed by atoms with E-state index >= 15 is 0 Å². The first-order chi connectivity index (χ1) is 21.7. The number of nitrogens with zero attached hydrogens (tertiary/aromatic N) is 6. The van der Waals surface area contributed by atoms with Crippen molar-refractivity contribution < 1.29 is 28.8 Å². The fourth-order valence-corrected chi connectivity index (χ4v) is 5.12. The van der Waals surface area contributed by atoms with Gasteiger partial charge in [-0.3, -0.25) is 10.3 Å². The first kappa shape index (κ1) is 30.5. The van der Waals surface area contributed by atoms with E-state index in [-0.39, 0.29) is 23.2 Å². The number of hydrogen-bond acceptors (Lipinski definition) is 9. The number of aromatic nitrogens is 5. The van der Waals surface area contributed by atoms with Crippen LogP contribution in [0.5, 0.6) is 0 Å². The molecule has 46 heavy (non-hydrogen) atoms. The third-order valence-electron chi connectivity index (χ3n) is 7.38. The normalized spacial score (nSPS) is 13.5. The first-order valence-electron chi connectivity index (χ1n) is 14.7. The second-order valence-corrected chi connectivity index (χ2v) is 13.2. The number of hydrogen-bond donors (Lipinski definition) is 3. The van der Waals surface area contributed by atoms with Crippen molar-refractivity contribution >= 4 is 57.4 Å². The maximum atomic E-state index is 13.2. The van der Waals surface area contributed by atoms with E-state index in [0.29, 0.717) is 49.2 Å². The maximum Gasteiger partial charge on any atom is 0.425 e. The minimum absolute atomic E-state index is 0.119. The zero-order valence-electron chi connectivity index (χ0n) is 26.3. The lowest BCUT2D eigenvalue weighted by Crippen LogP contribution is -2.40. The second-order valence-electron chi connectivity index (χ2n) is 13.2. The molecule has 0 radical (unpaired) electrons. The monoisotopic (exact) mass is 626 g/mol. The summed E-state index contributed by atoms with van der Waals surface area (Å²) in [6.07, 6.45) is 5.65. The summed E-state index contributed by atoms with van der Waals surface area (Å²) in [5.41, 5.74) is 1.77. The highest BCUT2D eigenvalue weighted by molar-refractivity contribution is 6.18. The number of urea groups is 1. The van der Waals surface area contributed by atoms with Crippen molar-refractivity contribution in [2.45, 2.75) is 71.4 Å². The summed E-state index contributed by atoms with van der Waals surface area (Å²) in [6.45, 7) is 10.9. The van der Waals surface area contributed by atoms with Gasteiger partial charge in [0.1, 0.15) is 17.6 Å². The van der Waals surface area contributed by atoms with E-state index in [4.69, 9.17) is 9.26 Å². The van der Waals surface area contributed by atoms with Crippen molar-refractivity contribution in [3.63, 3.8) is 0 Å². The van der Waals surface area contributed by atoms with Crippen LogP contribution in [-0.4, -0.2) is 53.6 Å². The molecule has 4 heterocycles. The van der Waals surface area contributed by atoms with Crippen LogP contribution in [0, 0.1) is 0 Å². The predicted octanol–water partition coefficient (Wildman–Crippen LogP) is 7.33. The Hall–Kier alpha value is -5.53. The fourth-order valence-electron chi connectivity index (χ4n) is 5.12. The number of carboxylic acid groups (broad SMARTS) is 1. The summed E-state index contributed by atoms with van der Waals surface area (Å²) in [5, 5.41) is 21.5. The average Bonchev–Trinajstić information content (AvgIpc) is 3.56. The molecule has 0 aliphatic heterocycles. The molecule has 1 aliphatic carbocycles. The quantitative estimate of drug-likeness (QED) is 0.179. The van der Waals surface area contributed by atoms with Crippen LogP contribution < -0.4 is 15.5 Å². The van der Waals surface area contributed by atoms with Gasteiger partial charge in [-0.2, -0.15) is 4.90 Å². The largest absolute Gasteiger partial charge is 0.464 e. The van der Waals surface area contributed by atoms with Gasteiger partial charge in [0, 0.05) is 47.1 Å². The Labute approximate surface area is 263 Å². The van der Waals surface area contributed by atoms with Crippen LogP contribution in [0.1, 0.15) is 66.1 Å². The summed E-state index contributed by atoms with van der Waals surface area (Å²) >= 11 is 0. The second kappa shape index (κ2) is 11.1. The molecule has 0 bridgehead atoms. The van der Waals surface area contributed by atoms with Gasteiger partial charge in [0.25, 0.3) is 0 Å². The van der Waals surface area contributed by atoms with Gasteiger partial charge in [-0.1, -0.05) is 32.0 Å². The number of fused-ring (bicyclic) bond motifs is 2. The van der Waals surface area contributed by atoms with E-state index in [1.54, 1.807) is 51.4 Å². The molecule has 1 aromatic carbocycles. The van der Waals surface area contributed by atoms with Crippen LogP contribution >= 0.6 is 0 Å². The summed E-state index contributed by atoms with van der Waals surface area (Å²) < 4.78 is 12.7. The summed E-state index contributed by atoms with van der Waals surface area (Å²) in [7, 11) is 0. The van der Waals surface area contributed by atoms with Crippen LogP contribution in [0.4, 0.5) is 31.8 Å². The highest BCUT2D eigenvalue weighted by Gasteiger charge is 2.35. The Kier molecular flexibility index (Phi) is 7.37. The Morgan fingerprint density at radius 1 is 1.02 bits per heavy atom. The number of nitrogens with one attached hydrogen (secondary N) is 2. The molecule has 0 atom stereocenters. The van der Waals surface area contributed by atoms with Crippen molar-refractivity contribution in [2.75, 3.05) is 15.5 Å². The molecule has 1 aliphatic rings. The molecule has 1 saturated carbocycles. The summed E-state index contributed by atoms with van der Waals surface area (Å²) in [6, 6.07) is 6.65. The average molecular weight is 627 g/mol. The number of pyridine rings is 1. The van der Waals surface area contributed by atoms with E-state index in [2.05, 4.69) is 30.7 Å². The van der Waals surface area contributed by atoms with Crippen LogP contribution in [0.25, 0.3) is 32.9 Å². The van der Waals surface area contributed by atoms with Crippen molar-refractivity contribution in [2.24, 2.45) is 0 Å². The van der Waals surface area contributed by atoms with Crippen LogP contribution in [-0.2, 0) is 10.2 Å². The smallest absolute Gasteiger partial charge is 0.425 e. The molecule has 0 unspecified atom stereocenters. The lowest BCUT2D eigenvalue weighted by Gasteiger charge is -2.24. The standard InChI is InChI=1S/C32H34N8O6/c1-31(2,3)23-13-24(46-38-23)37-28(41)36-22-10-9-18(19-11-12-33-14-20(19)22)21-15-39(17-7-8-17)26-25(21)27(35-16-34-26)40(29(42)43)30(44)45-32(4,5)6/h9-17H,7-8H2,1-6H3,(H,42,43)(H2,36,37,41). The number of benzene rings is 1. The molecule has 238 valence electrons. The summed E-state index contributed by atoms with van der Waals surface area (Å²) in [5.74, 6) is 0.0847. The molecule has 6 rings (SSSR count). The molecule has 1 fully saturated rings. The SMILES string of the molecule is CC(C)(C)OC(=O)N(C(=O)O)c1ncnc2c1c(-c1ccc(NC(=O)Nc3cc(C(C)(C)C)no3)c3cnccc13)cn2C1CC1. The van der Waals surface area contributed by atoms with Crippen LogP contribution in [0.2, 0.25) is 0 Å². The van der Waals surface area contributed by atoms with Gasteiger partial charge < -0.3 is 24.3 Å². The Balaban J connectivity index is 1.44. The van der Waals surface area contributed by atoms with Gasteiger partial charge in [-0.25, -0.2) is 24.4 Å². The number of amides is 4. The molecule has 0 saturated heterocycles. The number of anilines is 3. The minimum Gasteiger partial charge on any atom is -0.464 e. The molecule has 5 aromatic rings. The predicted molar refractivity (Wildman–Crippen MR) is 171 cm³/mol. The van der Waals surface area contributed by atoms with E-state index in [0.717, 1.165) is 12.8 Å². The van der Waals surface area contributed by atoms with Gasteiger partial charge >= 0.3 is 18.2 Å². The highest BCUT2D eigenvalue weighted by atomic mass is 16.6. The minimum atomic E-state index is -1.54. The Morgan fingerprint density at radius 2 is 1.78 bits per heavy atom. The van der Waals surface area contributed by atoms with Gasteiger partial charge in [-0.05, 0) is 56.7 Å². The Morgan fingerprint density at radius 3 is 2.43 bits per heavy atom. The van der Waals surface area contributed by atoms with Crippen molar-refractivity contribution in [1.82, 2.24) is 24.7 Å². The van der Waals surface area contributed by atoms with E-state index in [9.17, 15) is 19.5 Å². The van der Waals surface area contributed by atoms with E-state index in [1.807, 2.05) is 37.6 Å². The zero-order valence-corrected chi connectivity index (χ0v) is 26.3. The molecule has 4 amide bonds. The topological polar surface area (TPSA) is 178 Å². The third-order valence-corrected chi connectivity index (χ3v) is 7.38. The number of carbonyl (C=O) groups excluding carboxylic acids is 2. The fraction of sp³-hybridized carbons (Fsp3) is 0.344. The molecule has 14 nitrogen and oxygen atoms in total. The summed E-state index contributed by atoms with van der Waals surface area (Å²) in [4.78, 5) is 52.3. The Bertz CT molecular complexity index is 2000. The zero-order chi connectivity index (χ0) is 33.0. The van der Waals surface area contributed by atoms with E-state index < -0.39 is 23.8 Å². The number of carbonyl (C=O) groups is 3. The van der Waals surface area contributed by atoms with Gasteiger partial charge in [-0.15, -0.1) is 0 Å². The van der Waals surface area contributed by atoms with Gasteiger partial charge in [0.2, 0.25) is 5.88 Å². The van der Waals surface area contributed by atoms with Gasteiger partial charge in [0.05, 0.1) is 16.8 Å². The highest BCUT2D eigenvalue weighted by Crippen LogP contribution is 2.45. The number of rotatable bonds is 5. The molecule has 14 heteroatoms. The molecular weight excluding hydrogens is 592 g/mol. The van der Waals surface area contributed by atoms with Crippen LogP contribution in [0.3, 0.4) is 0 Å². The van der Waals surface area contributed by atoms with Crippen LogP contribution in [0.15, 0.2) is 53.7 Å². The number of imide groups is 1. The molecular formula is C32H34N8O6.